The Labute approximate surface area is 148 Å². The van der Waals surface area contributed by atoms with E-state index in [-0.39, 0.29) is 35.9 Å². The lowest BCUT2D eigenvalue weighted by Gasteiger charge is -2.37. The summed E-state index contributed by atoms with van der Waals surface area (Å²) in [5.41, 5.74) is 0.646. The van der Waals surface area contributed by atoms with Crippen LogP contribution >= 0.6 is 0 Å². The quantitative estimate of drug-likeness (QED) is 0.887. The number of hydrogen-bond donors (Lipinski definition) is 1. The normalized spacial score (nSPS) is 23.6. The van der Waals surface area contributed by atoms with Crippen LogP contribution in [0.2, 0.25) is 0 Å². The SMILES string of the molecule is O=C(CCF)NC12CC(C1)N(C(=O)c1cc(-c3ccc(F)cc3)no1)C2. The highest BCUT2D eigenvalue weighted by Gasteiger charge is 2.57. The molecule has 1 N–H and O–H groups in total. The van der Waals surface area contributed by atoms with Gasteiger partial charge in [-0.05, 0) is 37.1 Å². The highest BCUT2D eigenvalue weighted by atomic mass is 19.1. The fourth-order valence-electron chi connectivity index (χ4n) is 3.74. The number of fused-ring (bicyclic) bond motifs is 1. The van der Waals surface area contributed by atoms with Crippen LogP contribution in [-0.4, -0.2) is 46.7 Å². The first-order valence-electron chi connectivity index (χ1n) is 8.40. The molecule has 0 unspecified atom stereocenters. The molecule has 1 aliphatic carbocycles. The molecule has 1 saturated carbocycles. The second-order valence-electron chi connectivity index (χ2n) is 6.85. The van der Waals surface area contributed by atoms with Crippen molar-refractivity contribution in [2.75, 3.05) is 13.2 Å². The van der Waals surface area contributed by atoms with Gasteiger partial charge in [-0.2, -0.15) is 0 Å². The number of benzene rings is 1. The third kappa shape index (κ3) is 2.85. The Morgan fingerprint density at radius 3 is 2.73 bits per heavy atom. The van der Waals surface area contributed by atoms with Crippen LogP contribution in [0.25, 0.3) is 11.3 Å². The minimum absolute atomic E-state index is 0.0348. The molecule has 0 atom stereocenters. The maximum atomic E-state index is 13.0. The predicted octanol–water partition coefficient (Wildman–Crippen LogP) is 2.31. The van der Waals surface area contributed by atoms with E-state index >= 15 is 0 Å². The van der Waals surface area contributed by atoms with Gasteiger partial charge in [0.25, 0.3) is 5.91 Å². The molecule has 2 saturated heterocycles. The molecule has 2 aliphatic heterocycles. The lowest BCUT2D eigenvalue weighted by atomic mass is 9.78. The van der Waals surface area contributed by atoms with Gasteiger partial charge in [0.2, 0.25) is 11.7 Å². The van der Waals surface area contributed by atoms with Crippen LogP contribution in [0, 0.1) is 5.82 Å². The van der Waals surface area contributed by atoms with E-state index in [0.29, 0.717) is 30.6 Å². The second kappa shape index (κ2) is 6.19. The van der Waals surface area contributed by atoms with Crippen molar-refractivity contribution in [2.45, 2.75) is 30.8 Å². The maximum Gasteiger partial charge on any atom is 0.292 e. The Hall–Kier alpha value is -2.77. The molecular weight excluding hydrogens is 344 g/mol. The van der Waals surface area contributed by atoms with Gasteiger partial charge in [-0.15, -0.1) is 0 Å². The van der Waals surface area contributed by atoms with E-state index in [1.54, 1.807) is 17.0 Å². The van der Waals surface area contributed by atoms with E-state index in [2.05, 4.69) is 10.5 Å². The fraction of sp³-hybridized carbons (Fsp3) is 0.389. The Kier molecular flexibility index (Phi) is 3.97. The number of hydrogen-bond acceptors (Lipinski definition) is 4. The zero-order valence-corrected chi connectivity index (χ0v) is 13.9. The van der Waals surface area contributed by atoms with Crippen molar-refractivity contribution < 1.29 is 22.9 Å². The van der Waals surface area contributed by atoms with E-state index in [0.717, 1.165) is 0 Å². The molecule has 26 heavy (non-hydrogen) atoms. The molecule has 3 fully saturated rings. The van der Waals surface area contributed by atoms with Gasteiger partial charge in [-0.25, -0.2) is 4.39 Å². The Morgan fingerprint density at radius 2 is 2.04 bits per heavy atom. The number of aromatic nitrogens is 1. The number of halogens is 2. The van der Waals surface area contributed by atoms with Crippen molar-refractivity contribution in [3.8, 4) is 11.3 Å². The molecule has 136 valence electrons. The van der Waals surface area contributed by atoms with Crippen LogP contribution < -0.4 is 5.32 Å². The van der Waals surface area contributed by atoms with E-state index in [4.69, 9.17) is 4.52 Å². The zero-order chi connectivity index (χ0) is 18.3. The first kappa shape index (κ1) is 16.7. The third-order valence-corrected chi connectivity index (χ3v) is 5.01. The molecule has 1 aromatic carbocycles. The van der Waals surface area contributed by atoms with Crippen molar-refractivity contribution in [3.63, 3.8) is 0 Å². The van der Waals surface area contributed by atoms with Gasteiger partial charge >= 0.3 is 0 Å². The molecule has 2 aromatic rings. The van der Waals surface area contributed by atoms with E-state index in [9.17, 15) is 18.4 Å². The molecule has 2 bridgehead atoms. The third-order valence-electron chi connectivity index (χ3n) is 5.01. The Balaban J connectivity index is 1.45. The van der Waals surface area contributed by atoms with Crippen molar-refractivity contribution in [2.24, 2.45) is 0 Å². The predicted molar refractivity (Wildman–Crippen MR) is 87.4 cm³/mol. The number of carbonyl (C=O) groups is 2. The molecule has 0 radical (unpaired) electrons. The van der Waals surface area contributed by atoms with Gasteiger partial charge in [-0.1, -0.05) is 5.16 Å². The first-order chi connectivity index (χ1) is 12.5. The van der Waals surface area contributed by atoms with Gasteiger partial charge in [-0.3, -0.25) is 14.0 Å². The fourth-order valence-corrected chi connectivity index (χ4v) is 3.74. The summed E-state index contributed by atoms with van der Waals surface area (Å²) in [5, 5.41) is 6.72. The van der Waals surface area contributed by atoms with Crippen LogP contribution in [0.1, 0.15) is 29.8 Å². The van der Waals surface area contributed by atoms with Gasteiger partial charge in [0.15, 0.2) is 0 Å². The monoisotopic (exact) mass is 361 g/mol. The summed E-state index contributed by atoms with van der Waals surface area (Å²) >= 11 is 0. The van der Waals surface area contributed by atoms with Gasteiger partial charge in [0.05, 0.1) is 18.6 Å². The van der Waals surface area contributed by atoms with Gasteiger partial charge in [0, 0.05) is 24.2 Å². The molecule has 6 nitrogen and oxygen atoms in total. The van der Waals surface area contributed by atoms with Crippen molar-refractivity contribution >= 4 is 11.8 Å². The van der Waals surface area contributed by atoms with Gasteiger partial charge in [0.1, 0.15) is 11.5 Å². The highest BCUT2D eigenvalue weighted by Crippen LogP contribution is 2.45. The number of alkyl halides is 1. The molecule has 0 spiro atoms. The first-order valence-corrected chi connectivity index (χ1v) is 8.40. The van der Waals surface area contributed by atoms with Crippen LogP contribution in [0.5, 0.6) is 0 Å². The lowest BCUT2D eigenvalue weighted by Crippen LogP contribution is -2.55. The van der Waals surface area contributed by atoms with E-state index in [1.807, 2.05) is 0 Å². The van der Waals surface area contributed by atoms with Crippen molar-refractivity contribution in [3.05, 3.63) is 41.9 Å². The van der Waals surface area contributed by atoms with E-state index < -0.39 is 12.2 Å². The smallest absolute Gasteiger partial charge is 0.292 e. The highest BCUT2D eigenvalue weighted by molar-refractivity contribution is 5.93. The Bertz CT molecular complexity index is 844. The molecule has 5 rings (SSSR count). The summed E-state index contributed by atoms with van der Waals surface area (Å²) in [6.07, 6.45) is 1.16. The molecule has 1 aromatic heterocycles. The number of rotatable bonds is 5. The topological polar surface area (TPSA) is 75.4 Å². The molecule has 8 heteroatoms. The number of amides is 2. The number of nitrogens with one attached hydrogen (secondary N) is 1. The second-order valence-corrected chi connectivity index (χ2v) is 6.85. The summed E-state index contributed by atoms with van der Waals surface area (Å²) < 4.78 is 30.5. The van der Waals surface area contributed by atoms with E-state index in [1.165, 1.54) is 18.2 Å². The molecule has 3 heterocycles. The zero-order valence-electron chi connectivity index (χ0n) is 13.9. The van der Waals surface area contributed by atoms with Crippen molar-refractivity contribution in [1.29, 1.82) is 0 Å². The summed E-state index contributed by atoms with van der Waals surface area (Å²) in [6, 6.07) is 7.30. The lowest BCUT2D eigenvalue weighted by molar-refractivity contribution is -0.123. The summed E-state index contributed by atoms with van der Waals surface area (Å²) in [4.78, 5) is 26.0. The van der Waals surface area contributed by atoms with Crippen LogP contribution in [0.4, 0.5) is 8.78 Å². The van der Waals surface area contributed by atoms with Crippen LogP contribution in [0.15, 0.2) is 34.9 Å². The molecular formula is C18H17F2N3O3. The van der Waals surface area contributed by atoms with Crippen LogP contribution in [-0.2, 0) is 4.79 Å². The average molecular weight is 361 g/mol. The summed E-state index contributed by atoms with van der Waals surface area (Å²) in [5.74, 6) is -0.888. The minimum Gasteiger partial charge on any atom is -0.350 e. The maximum absolute atomic E-state index is 13.0. The van der Waals surface area contributed by atoms with Gasteiger partial charge < -0.3 is 14.7 Å². The summed E-state index contributed by atoms with van der Waals surface area (Å²) in [7, 11) is 0. The largest absolute Gasteiger partial charge is 0.350 e. The molecule has 3 aliphatic rings. The standard InChI is InChI=1S/C18H17F2N3O3/c19-6-5-16(24)21-18-8-13(9-18)23(10-18)17(25)15-7-14(22-26-15)11-1-3-12(20)4-2-11/h1-4,7,13H,5-6,8-10H2,(H,21,24). The van der Waals surface area contributed by atoms with Crippen molar-refractivity contribution in [1.82, 2.24) is 15.4 Å². The average Bonchev–Trinajstić information content (AvgIpc) is 3.28. The van der Waals surface area contributed by atoms with Crippen LogP contribution in [0.3, 0.4) is 0 Å². The number of carbonyl (C=O) groups excluding carboxylic acids is 2. The minimum atomic E-state index is -0.696. The number of nitrogens with zero attached hydrogens (tertiary/aromatic N) is 2. The summed E-state index contributed by atoms with van der Waals surface area (Å²) in [6.45, 7) is -0.320. The molecule has 2 amide bonds. The Morgan fingerprint density at radius 1 is 1.31 bits per heavy atom.